The molecule has 0 aliphatic carbocycles. The molecule has 0 spiro atoms. The van der Waals surface area contributed by atoms with Crippen LogP contribution in [0.1, 0.15) is 45.1 Å². The maximum absolute atomic E-state index is 13.1. The predicted molar refractivity (Wildman–Crippen MR) is 102 cm³/mol. The fourth-order valence-electron chi connectivity index (χ4n) is 3.67. The fraction of sp³-hybridized carbons (Fsp3) is 0.368. The van der Waals surface area contributed by atoms with Gasteiger partial charge in [0.1, 0.15) is 10.7 Å². The molecule has 1 aliphatic heterocycles. The lowest BCUT2D eigenvalue weighted by atomic mass is 10.1. The molecule has 1 amide bonds. The van der Waals surface area contributed by atoms with Crippen molar-refractivity contribution in [1.29, 1.82) is 0 Å². The van der Waals surface area contributed by atoms with E-state index in [1.165, 1.54) is 11.3 Å². The summed E-state index contributed by atoms with van der Waals surface area (Å²) in [5, 5.41) is 1.49. The monoisotopic (exact) mass is 368 g/mol. The number of aryl methyl sites for hydroxylation is 2. The van der Waals surface area contributed by atoms with Crippen molar-refractivity contribution in [2.75, 3.05) is 6.54 Å². The zero-order chi connectivity index (χ0) is 18.4. The maximum atomic E-state index is 13.1. The molecule has 0 bridgehead atoms. The first kappa shape index (κ1) is 16.9. The Kier molecular flexibility index (Phi) is 4.11. The maximum Gasteiger partial charge on any atom is 0.266 e. The first-order chi connectivity index (χ1) is 12.5. The molecule has 26 heavy (non-hydrogen) atoms. The molecule has 4 rings (SSSR count). The van der Waals surface area contributed by atoms with Crippen molar-refractivity contribution >= 4 is 28.1 Å². The van der Waals surface area contributed by atoms with Crippen molar-refractivity contribution in [3.8, 4) is 0 Å². The Morgan fingerprint density at radius 3 is 2.73 bits per heavy atom. The van der Waals surface area contributed by atoms with Gasteiger partial charge >= 0.3 is 0 Å². The minimum absolute atomic E-state index is 0.0157. The van der Waals surface area contributed by atoms with Crippen molar-refractivity contribution in [1.82, 2.24) is 19.4 Å². The van der Waals surface area contributed by atoms with E-state index in [2.05, 4.69) is 4.98 Å². The predicted octanol–water partition coefficient (Wildman–Crippen LogP) is 2.98. The zero-order valence-electron chi connectivity index (χ0n) is 15.0. The van der Waals surface area contributed by atoms with E-state index in [-0.39, 0.29) is 17.5 Å². The number of amides is 1. The largest absolute Gasteiger partial charge is 0.328 e. The van der Waals surface area contributed by atoms with Gasteiger partial charge in [-0.3, -0.25) is 14.2 Å². The van der Waals surface area contributed by atoms with Crippen LogP contribution in [0.5, 0.6) is 0 Å². The second-order valence-electron chi connectivity index (χ2n) is 6.66. The molecular weight excluding hydrogens is 348 g/mol. The van der Waals surface area contributed by atoms with Crippen LogP contribution in [-0.4, -0.2) is 31.9 Å². The number of fused-ring (bicyclic) bond motifs is 1. The first-order valence-corrected chi connectivity index (χ1v) is 9.49. The normalized spacial score (nSPS) is 17.2. The van der Waals surface area contributed by atoms with Crippen LogP contribution in [0.25, 0.3) is 10.9 Å². The van der Waals surface area contributed by atoms with Gasteiger partial charge in [0, 0.05) is 13.6 Å². The van der Waals surface area contributed by atoms with Gasteiger partial charge in [-0.15, -0.1) is 11.3 Å². The van der Waals surface area contributed by atoms with Crippen molar-refractivity contribution in [2.45, 2.75) is 32.7 Å². The molecule has 1 unspecified atom stereocenters. The number of hydrogen-bond acceptors (Lipinski definition) is 5. The van der Waals surface area contributed by atoms with Crippen LogP contribution in [0.3, 0.4) is 0 Å². The van der Waals surface area contributed by atoms with Gasteiger partial charge in [0.2, 0.25) is 0 Å². The van der Waals surface area contributed by atoms with Crippen molar-refractivity contribution in [3.63, 3.8) is 0 Å². The highest BCUT2D eigenvalue weighted by Gasteiger charge is 2.35. The third-order valence-corrected chi connectivity index (χ3v) is 5.99. The van der Waals surface area contributed by atoms with Gasteiger partial charge in [-0.1, -0.05) is 12.1 Å². The average molecular weight is 368 g/mol. The van der Waals surface area contributed by atoms with Gasteiger partial charge in [-0.05, 0) is 38.8 Å². The van der Waals surface area contributed by atoms with E-state index < -0.39 is 0 Å². The van der Waals surface area contributed by atoms with Gasteiger partial charge < -0.3 is 4.90 Å². The van der Waals surface area contributed by atoms with E-state index >= 15 is 0 Å². The summed E-state index contributed by atoms with van der Waals surface area (Å²) in [6.45, 7) is 4.44. The first-order valence-electron chi connectivity index (χ1n) is 8.68. The third kappa shape index (κ3) is 2.63. The van der Waals surface area contributed by atoms with Gasteiger partial charge in [-0.25, -0.2) is 9.97 Å². The number of thiazole rings is 1. The molecule has 134 valence electrons. The molecule has 1 saturated heterocycles. The van der Waals surface area contributed by atoms with Crippen LogP contribution in [0, 0.1) is 13.8 Å². The molecule has 2 aromatic heterocycles. The Bertz CT molecular complexity index is 1070. The SMILES string of the molecule is Cc1nc(C)c(C(=O)N2CCCC2c2nc3ccccc3c(=O)n2C)s1. The minimum Gasteiger partial charge on any atom is -0.328 e. The van der Waals surface area contributed by atoms with Crippen LogP contribution in [0.2, 0.25) is 0 Å². The molecule has 1 aromatic carbocycles. The molecular formula is C19H20N4O2S. The Hall–Kier alpha value is -2.54. The van der Waals surface area contributed by atoms with E-state index in [1.807, 2.05) is 36.9 Å². The average Bonchev–Trinajstić information content (AvgIpc) is 3.24. The third-order valence-electron chi connectivity index (χ3n) is 4.93. The molecule has 7 heteroatoms. The van der Waals surface area contributed by atoms with Gasteiger partial charge in [-0.2, -0.15) is 0 Å². The second-order valence-corrected chi connectivity index (χ2v) is 7.86. The molecule has 0 N–H and O–H groups in total. The number of rotatable bonds is 2. The second kappa shape index (κ2) is 6.32. The molecule has 0 saturated carbocycles. The lowest BCUT2D eigenvalue weighted by Gasteiger charge is -2.25. The highest BCUT2D eigenvalue weighted by Crippen LogP contribution is 2.33. The summed E-state index contributed by atoms with van der Waals surface area (Å²) in [6.07, 6.45) is 1.71. The summed E-state index contributed by atoms with van der Waals surface area (Å²) >= 11 is 1.43. The number of hydrogen-bond donors (Lipinski definition) is 0. The molecule has 1 fully saturated rings. The number of carbonyl (C=O) groups is 1. The number of benzene rings is 1. The Balaban J connectivity index is 1.79. The topological polar surface area (TPSA) is 68.1 Å². The Morgan fingerprint density at radius 2 is 2.00 bits per heavy atom. The quantitative estimate of drug-likeness (QED) is 0.697. The highest BCUT2D eigenvalue weighted by molar-refractivity contribution is 7.13. The van der Waals surface area contributed by atoms with Crippen molar-refractivity contribution in [3.05, 3.63) is 56.0 Å². The van der Waals surface area contributed by atoms with Crippen LogP contribution in [0.4, 0.5) is 0 Å². The Labute approximate surface area is 155 Å². The summed E-state index contributed by atoms with van der Waals surface area (Å²) in [6, 6.07) is 7.16. The summed E-state index contributed by atoms with van der Waals surface area (Å²) < 4.78 is 1.59. The molecule has 0 radical (unpaired) electrons. The zero-order valence-corrected chi connectivity index (χ0v) is 15.8. The smallest absolute Gasteiger partial charge is 0.266 e. The van der Waals surface area contributed by atoms with E-state index in [4.69, 9.17) is 4.98 Å². The van der Waals surface area contributed by atoms with E-state index in [0.29, 0.717) is 28.1 Å². The van der Waals surface area contributed by atoms with Crippen LogP contribution in [0.15, 0.2) is 29.1 Å². The Morgan fingerprint density at radius 1 is 1.23 bits per heavy atom. The number of aromatic nitrogens is 3. The standard InChI is InChI=1S/C19H20N4O2S/c1-11-16(26-12(2)20-11)19(25)23-10-6-9-15(23)17-21-14-8-5-4-7-13(14)18(24)22(17)3/h4-5,7-8,15H,6,9-10H2,1-3H3. The number of para-hydroxylation sites is 1. The number of likely N-dealkylation sites (tertiary alicyclic amines) is 1. The van der Waals surface area contributed by atoms with Crippen LogP contribution in [-0.2, 0) is 7.05 Å². The molecule has 1 atom stereocenters. The van der Waals surface area contributed by atoms with E-state index in [1.54, 1.807) is 17.7 Å². The van der Waals surface area contributed by atoms with Gasteiger partial charge in [0.05, 0.1) is 27.6 Å². The summed E-state index contributed by atoms with van der Waals surface area (Å²) in [5.74, 6) is 0.636. The van der Waals surface area contributed by atoms with Crippen LogP contribution < -0.4 is 5.56 Å². The summed E-state index contributed by atoms with van der Waals surface area (Å²) in [7, 11) is 1.74. The molecule has 1 aliphatic rings. The number of nitrogens with zero attached hydrogens (tertiary/aromatic N) is 4. The molecule has 3 aromatic rings. The number of carbonyl (C=O) groups excluding carboxylic acids is 1. The lowest BCUT2D eigenvalue weighted by Crippen LogP contribution is -2.34. The van der Waals surface area contributed by atoms with Crippen LogP contribution >= 0.6 is 11.3 Å². The minimum atomic E-state index is -0.188. The molecule has 3 heterocycles. The van der Waals surface area contributed by atoms with Gasteiger partial charge in [0.25, 0.3) is 11.5 Å². The highest BCUT2D eigenvalue weighted by atomic mass is 32.1. The summed E-state index contributed by atoms with van der Waals surface area (Å²) in [4.78, 5) is 37.5. The van der Waals surface area contributed by atoms with Gasteiger partial charge in [0.15, 0.2) is 0 Å². The fourth-order valence-corrected chi connectivity index (χ4v) is 4.55. The lowest BCUT2D eigenvalue weighted by molar-refractivity contribution is 0.0731. The summed E-state index contributed by atoms with van der Waals surface area (Å²) in [5.41, 5.74) is 1.37. The van der Waals surface area contributed by atoms with E-state index in [0.717, 1.165) is 23.5 Å². The van der Waals surface area contributed by atoms with E-state index in [9.17, 15) is 9.59 Å². The molecule has 6 nitrogen and oxygen atoms in total. The van der Waals surface area contributed by atoms with Crippen molar-refractivity contribution in [2.24, 2.45) is 7.05 Å². The van der Waals surface area contributed by atoms with Crippen molar-refractivity contribution < 1.29 is 4.79 Å².